The maximum atomic E-state index is 13.3. The van der Waals surface area contributed by atoms with Gasteiger partial charge in [0.15, 0.2) is 0 Å². The third-order valence-electron chi connectivity index (χ3n) is 3.17. The Labute approximate surface area is 106 Å². The second kappa shape index (κ2) is 4.94. The van der Waals surface area contributed by atoms with Crippen LogP contribution in [0, 0.1) is 11.2 Å². The van der Waals surface area contributed by atoms with Gasteiger partial charge in [-0.1, -0.05) is 0 Å². The minimum absolute atomic E-state index is 0.115. The van der Waals surface area contributed by atoms with Crippen molar-refractivity contribution in [2.45, 2.75) is 26.0 Å². The number of ether oxygens (including phenoxy) is 1. The van der Waals surface area contributed by atoms with E-state index in [4.69, 9.17) is 15.9 Å². The maximum absolute atomic E-state index is 13.3. The van der Waals surface area contributed by atoms with Crippen molar-refractivity contribution < 1.29 is 9.13 Å². The molecule has 4 nitrogen and oxygen atoms in total. The molecule has 5 heteroatoms. The normalized spacial score (nSPS) is 24.1. The number of anilines is 1. The quantitative estimate of drug-likeness (QED) is 0.621. The van der Waals surface area contributed by atoms with E-state index in [9.17, 15) is 4.39 Å². The number of hydrogen-bond donors (Lipinski definition) is 2. The molecule has 0 aliphatic carbocycles. The number of nitrogens with two attached hydrogens (primary N) is 1. The molecule has 98 valence electrons. The third-order valence-corrected chi connectivity index (χ3v) is 3.17. The maximum Gasteiger partial charge on any atom is 0.125 e. The van der Waals surface area contributed by atoms with E-state index in [2.05, 4.69) is 4.90 Å². The monoisotopic (exact) mass is 251 g/mol. The number of rotatable bonds is 2. The van der Waals surface area contributed by atoms with E-state index in [1.165, 1.54) is 12.1 Å². The van der Waals surface area contributed by atoms with Crippen molar-refractivity contribution in [3.8, 4) is 0 Å². The van der Waals surface area contributed by atoms with E-state index in [1.54, 1.807) is 6.07 Å². The summed E-state index contributed by atoms with van der Waals surface area (Å²) in [6.07, 6.45) is 0.117. The molecule has 2 unspecified atom stereocenters. The molecule has 1 aromatic rings. The van der Waals surface area contributed by atoms with E-state index in [0.717, 1.165) is 5.69 Å². The van der Waals surface area contributed by atoms with Gasteiger partial charge in [0.25, 0.3) is 0 Å². The van der Waals surface area contributed by atoms with Crippen LogP contribution >= 0.6 is 0 Å². The van der Waals surface area contributed by atoms with E-state index in [0.29, 0.717) is 18.7 Å². The molecule has 0 spiro atoms. The van der Waals surface area contributed by atoms with Crippen molar-refractivity contribution in [2.24, 2.45) is 5.73 Å². The van der Waals surface area contributed by atoms with Gasteiger partial charge in [-0.25, -0.2) is 4.39 Å². The van der Waals surface area contributed by atoms with Crippen LogP contribution in [0.4, 0.5) is 10.1 Å². The molecule has 0 amide bonds. The number of amidine groups is 1. The molecule has 1 aromatic carbocycles. The van der Waals surface area contributed by atoms with E-state index in [1.807, 2.05) is 13.8 Å². The van der Waals surface area contributed by atoms with Crippen LogP contribution in [0.25, 0.3) is 0 Å². The summed E-state index contributed by atoms with van der Waals surface area (Å²) in [6, 6.07) is 4.57. The fourth-order valence-corrected chi connectivity index (χ4v) is 2.21. The van der Waals surface area contributed by atoms with Gasteiger partial charge in [0.2, 0.25) is 0 Å². The molecule has 1 saturated heterocycles. The Kier molecular flexibility index (Phi) is 3.52. The molecular formula is C13H18FN3O. The van der Waals surface area contributed by atoms with Crippen LogP contribution in [0.3, 0.4) is 0 Å². The highest BCUT2D eigenvalue weighted by atomic mass is 19.1. The summed E-state index contributed by atoms with van der Waals surface area (Å²) in [5.74, 6) is -0.492. The summed E-state index contributed by atoms with van der Waals surface area (Å²) in [4.78, 5) is 2.12. The van der Waals surface area contributed by atoms with Crippen molar-refractivity contribution in [3.05, 3.63) is 29.6 Å². The number of nitrogens with zero attached hydrogens (tertiary/aromatic N) is 1. The number of halogens is 1. The molecule has 0 aromatic heterocycles. The van der Waals surface area contributed by atoms with Crippen LogP contribution in [0.2, 0.25) is 0 Å². The lowest BCUT2D eigenvalue weighted by Crippen LogP contribution is -2.48. The Hall–Kier alpha value is -1.62. The summed E-state index contributed by atoms with van der Waals surface area (Å²) in [6.45, 7) is 5.37. The van der Waals surface area contributed by atoms with E-state index >= 15 is 0 Å². The minimum atomic E-state index is -0.377. The lowest BCUT2D eigenvalue weighted by molar-refractivity contribution is 0.0343. The van der Waals surface area contributed by atoms with Gasteiger partial charge in [0, 0.05) is 23.8 Å². The standard InChI is InChI=1S/C13H18FN3O/c1-8-7-18-9(2)6-17(8)12-4-3-10(14)5-11(12)13(15)16/h3-5,8-9H,6-7H2,1-2H3,(H3,15,16). The zero-order valence-corrected chi connectivity index (χ0v) is 10.6. The molecule has 1 aliphatic heterocycles. The van der Waals surface area contributed by atoms with Gasteiger partial charge in [0.1, 0.15) is 11.7 Å². The lowest BCUT2D eigenvalue weighted by Gasteiger charge is -2.39. The molecule has 2 rings (SSSR count). The van der Waals surface area contributed by atoms with E-state index in [-0.39, 0.29) is 23.8 Å². The minimum Gasteiger partial charge on any atom is -0.384 e. The Balaban J connectivity index is 2.40. The lowest BCUT2D eigenvalue weighted by atomic mass is 10.1. The van der Waals surface area contributed by atoms with E-state index < -0.39 is 0 Å². The fraction of sp³-hybridized carbons (Fsp3) is 0.462. The molecule has 0 radical (unpaired) electrons. The predicted octanol–water partition coefficient (Wildman–Crippen LogP) is 1.72. The van der Waals surface area contributed by atoms with Crippen molar-refractivity contribution in [2.75, 3.05) is 18.1 Å². The zero-order valence-electron chi connectivity index (χ0n) is 10.6. The number of nitrogen functional groups attached to an aromatic ring is 1. The smallest absolute Gasteiger partial charge is 0.125 e. The summed E-state index contributed by atoms with van der Waals surface area (Å²) >= 11 is 0. The van der Waals surface area contributed by atoms with Crippen LogP contribution in [0.1, 0.15) is 19.4 Å². The first kappa shape index (κ1) is 12.8. The SMILES string of the molecule is CC1CN(c2ccc(F)cc2C(=N)N)C(C)CO1. The number of morpholine rings is 1. The van der Waals surface area contributed by atoms with Gasteiger partial charge in [-0.05, 0) is 32.0 Å². The Morgan fingerprint density at radius 1 is 1.50 bits per heavy atom. The van der Waals surface area contributed by atoms with Crippen molar-refractivity contribution in [3.63, 3.8) is 0 Å². The van der Waals surface area contributed by atoms with Crippen molar-refractivity contribution in [1.82, 2.24) is 0 Å². The molecule has 2 atom stereocenters. The molecular weight excluding hydrogens is 233 g/mol. The molecule has 0 bridgehead atoms. The Morgan fingerprint density at radius 3 is 2.89 bits per heavy atom. The second-order valence-corrected chi connectivity index (χ2v) is 4.72. The first-order chi connectivity index (χ1) is 8.49. The summed E-state index contributed by atoms with van der Waals surface area (Å²) < 4.78 is 18.8. The molecule has 0 saturated carbocycles. The summed E-state index contributed by atoms with van der Waals surface area (Å²) in [5, 5.41) is 7.56. The number of benzene rings is 1. The van der Waals surface area contributed by atoms with Crippen LogP contribution in [-0.2, 0) is 4.74 Å². The van der Waals surface area contributed by atoms with Gasteiger partial charge in [-0.15, -0.1) is 0 Å². The number of nitrogens with one attached hydrogen (secondary N) is 1. The first-order valence-electron chi connectivity index (χ1n) is 6.01. The van der Waals surface area contributed by atoms with Gasteiger partial charge in [-0.2, -0.15) is 0 Å². The number of hydrogen-bond acceptors (Lipinski definition) is 3. The topological polar surface area (TPSA) is 62.3 Å². The van der Waals surface area contributed by atoms with Gasteiger partial charge >= 0.3 is 0 Å². The highest BCUT2D eigenvalue weighted by molar-refractivity contribution is 6.00. The Morgan fingerprint density at radius 2 is 2.22 bits per heavy atom. The van der Waals surface area contributed by atoms with Crippen LogP contribution in [0.5, 0.6) is 0 Å². The van der Waals surface area contributed by atoms with Gasteiger partial charge < -0.3 is 15.4 Å². The third kappa shape index (κ3) is 2.46. The van der Waals surface area contributed by atoms with Gasteiger partial charge in [0.05, 0.1) is 12.7 Å². The van der Waals surface area contributed by atoms with Crippen molar-refractivity contribution >= 4 is 11.5 Å². The zero-order chi connectivity index (χ0) is 13.3. The molecule has 1 heterocycles. The summed E-state index contributed by atoms with van der Waals surface area (Å²) in [5.41, 5.74) is 6.77. The average Bonchev–Trinajstić information content (AvgIpc) is 2.32. The van der Waals surface area contributed by atoms with Gasteiger partial charge in [-0.3, -0.25) is 5.41 Å². The highest BCUT2D eigenvalue weighted by Crippen LogP contribution is 2.26. The van der Waals surface area contributed by atoms with Crippen LogP contribution in [0.15, 0.2) is 18.2 Å². The molecule has 1 fully saturated rings. The molecule has 18 heavy (non-hydrogen) atoms. The fourth-order valence-electron chi connectivity index (χ4n) is 2.21. The molecule has 1 aliphatic rings. The first-order valence-corrected chi connectivity index (χ1v) is 6.01. The average molecular weight is 251 g/mol. The highest BCUT2D eigenvalue weighted by Gasteiger charge is 2.26. The second-order valence-electron chi connectivity index (χ2n) is 4.72. The Bertz CT molecular complexity index is 464. The van der Waals surface area contributed by atoms with Crippen LogP contribution in [-0.4, -0.2) is 31.1 Å². The van der Waals surface area contributed by atoms with Crippen molar-refractivity contribution in [1.29, 1.82) is 5.41 Å². The van der Waals surface area contributed by atoms with Crippen LogP contribution < -0.4 is 10.6 Å². The summed E-state index contributed by atoms with van der Waals surface area (Å²) in [7, 11) is 0. The predicted molar refractivity (Wildman–Crippen MR) is 69.6 cm³/mol. The largest absolute Gasteiger partial charge is 0.384 e. The molecule has 3 N–H and O–H groups in total.